The van der Waals surface area contributed by atoms with Crippen LogP contribution in [0.2, 0.25) is 0 Å². The predicted molar refractivity (Wildman–Crippen MR) is 118 cm³/mol. The number of hydrogen-bond acceptors (Lipinski definition) is 7. The molecule has 0 radical (unpaired) electrons. The lowest BCUT2D eigenvalue weighted by Crippen LogP contribution is -2.35. The van der Waals surface area contributed by atoms with Crippen molar-refractivity contribution in [3.8, 4) is 6.07 Å². The molecular formula is C22H23N5O2S. The van der Waals surface area contributed by atoms with Crippen molar-refractivity contribution in [1.29, 1.82) is 5.26 Å². The molecule has 1 aromatic carbocycles. The van der Waals surface area contributed by atoms with Gasteiger partial charge in [-0.15, -0.1) is 0 Å². The molecule has 1 fully saturated rings. The molecule has 3 heterocycles. The highest BCUT2D eigenvalue weighted by molar-refractivity contribution is 7.22. The minimum atomic E-state index is -0.951. The summed E-state index contributed by atoms with van der Waals surface area (Å²) in [5, 5.41) is 22.6. The molecule has 1 atom stereocenters. The zero-order chi connectivity index (χ0) is 21.3. The normalized spacial score (nSPS) is 17.0. The fourth-order valence-corrected chi connectivity index (χ4v) is 4.35. The average Bonchev–Trinajstić information content (AvgIpc) is 3.14. The van der Waals surface area contributed by atoms with Crippen LogP contribution in [0.15, 0.2) is 36.4 Å². The monoisotopic (exact) mass is 421 g/mol. The number of nitrogens with one attached hydrogen (secondary N) is 1. The van der Waals surface area contributed by atoms with Crippen LogP contribution in [-0.2, 0) is 5.60 Å². The molecule has 0 bridgehead atoms. The smallest absolute Gasteiger partial charge is 0.257 e. The van der Waals surface area contributed by atoms with Gasteiger partial charge in [0.25, 0.3) is 5.91 Å². The molecule has 2 N–H and O–H groups in total. The number of rotatable bonds is 4. The van der Waals surface area contributed by atoms with E-state index in [1.807, 2.05) is 12.1 Å². The van der Waals surface area contributed by atoms with Crippen molar-refractivity contribution in [2.75, 3.05) is 23.3 Å². The van der Waals surface area contributed by atoms with Gasteiger partial charge in [0.15, 0.2) is 5.13 Å². The minimum Gasteiger partial charge on any atom is -0.386 e. The van der Waals surface area contributed by atoms with E-state index in [2.05, 4.69) is 21.3 Å². The number of fused-ring (bicyclic) bond motifs is 1. The number of nitriles is 1. The summed E-state index contributed by atoms with van der Waals surface area (Å²) in [7, 11) is 0. The van der Waals surface area contributed by atoms with Crippen molar-refractivity contribution in [2.45, 2.75) is 32.3 Å². The van der Waals surface area contributed by atoms with Crippen LogP contribution in [0.25, 0.3) is 10.3 Å². The highest BCUT2D eigenvalue weighted by atomic mass is 32.1. The van der Waals surface area contributed by atoms with Gasteiger partial charge in [-0.1, -0.05) is 23.5 Å². The van der Waals surface area contributed by atoms with Crippen molar-refractivity contribution < 1.29 is 9.90 Å². The Bertz CT molecular complexity index is 1110. The Balaban J connectivity index is 1.50. The van der Waals surface area contributed by atoms with Gasteiger partial charge in [0, 0.05) is 18.7 Å². The van der Waals surface area contributed by atoms with E-state index in [1.165, 1.54) is 11.3 Å². The highest BCUT2D eigenvalue weighted by Crippen LogP contribution is 2.29. The quantitative estimate of drug-likeness (QED) is 0.662. The zero-order valence-corrected chi connectivity index (χ0v) is 17.7. The molecule has 0 spiro atoms. The third-order valence-electron chi connectivity index (χ3n) is 5.24. The molecule has 1 aliphatic rings. The number of carbonyl (C=O) groups is 1. The van der Waals surface area contributed by atoms with Crippen LogP contribution in [0.4, 0.5) is 10.9 Å². The summed E-state index contributed by atoms with van der Waals surface area (Å²) >= 11 is 1.33. The predicted octanol–water partition coefficient (Wildman–Crippen LogP) is 3.91. The lowest BCUT2D eigenvalue weighted by molar-refractivity contribution is 0.0785. The van der Waals surface area contributed by atoms with E-state index in [0.29, 0.717) is 17.2 Å². The summed E-state index contributed by atoms with van der Waals surface area (Å²) in [5.41, 5.74) is 1.01. The van der Waals surface area contributed by atoms with Gasteiger partial charge in [-0.3, -0.25) is 10.1 Å². The van der Waals surface area contributed by atoms with E-state index in [-0.39, 0.29) is 11.8 Å². The van der Waals surface area contributed by atoms with Gasteiger partial charge in [0.1, 0.15) is 16.2 Å². The molecule has 0 saturated carbocycles. The Morgan fingerprint density at radius 1 is 1.27 bits per heavy atom. The van der Waals surface area contributed by atoms with Crippen LogP contribution in [-0.4, -0.2) is 34.1 Å². The molecule has 1 saturated heterocycles. The van der Waals surface area contributed by atoms with Crippen LogP contribution in [0, 0.1) is 17.2 Å². The first-order valence-electron chi connectivity index (χ1n) is 9.90. The van der Waals surface area contributed by atoms with Gasteiger partial charge in [-0.2, -0.15) is 5.26 Å². The third kappa shape index (κ3) is 4.27. The fourth-order valence-electron chi connectivity index (χ4n) is 3.53. The van der Waals surface area contributed by atoms with E-state index in [9.17, 15) is 15.2 Å². The number of thiazole rings is 1. The topological polar surface area (TPSA) is 102 Å². The molecule has 0 aliphatic carbocycles. The van der Waals surface area contributed by atoms with Crippen LogP contribution in [0.3, 0.4) is 0 Å². The fraction of sp³-hybridized carbons (Fsp3) is 0.364. The molecule has 1 amide bonds. The number of aromatic nitrogens is 2. The Morgan fingerprint density at radius 3 is 2.73 bits per heavy atom. The first-order valence-corrected chi connectivity index (χ1v) is 10.7. The highest BCUT2D eigenvalue weighted by Gasteiger charge is 2.21. The number of amides is 1. The number of nitrogens with zero attached hydrogens (tertiary/aromatic N) is 4. The molecule has 1 unspecified atom stereocenters. The third-order valence-corrected chi connectivity index (χ3v) is 6.12. The number of hydrogen-bond donors (Lipinski definition) is 2. The van der Waals surface area contributed by atoms with Crippen molar-refractivity contribution in [3.05, 3.63) is 47.5 Å². The van der Waals surface area contributed by atoms with E-state index in [1.54, 1.807) is 38.1 Å². The number of pyridine rings is 1. The van der Waals surface area contributed by atoms with Gasteiger partial charge in [0.05, 0.1) is 17.6 Å². The second kappa shape index (κ2) is 8.01. The molecule has 154 valence electrons. The molecule has 1 aliphatic heterocycles. The molecule has 30 heavy (non-hydrogen) atoms. The SMILES string of the molecule is CC(C)(O)c1ccc(C(=O)Nc2nc3ccc(N4CCCC(C#N)C4)nc3s2)cc1. The van der Waals surface area contributed by atoms with Gasteiger partial charge in [0.2, 0.25) is 0 Å². The van der Waals surface area contributed by atoms with Crippen molar-refractivity contribution >= 4 is 38.5 Å². The first kappa shape index (κ1) is 20.3. The number of anilines is 2. The van der Waals surface area contributed by atoms with Crippen LogP contribution in [0.1, 0.15) is 42.6 Å². The van der Waals surface area contributed by atoms with Gasteiger partial charge >= 0.3 is 0 Å². The Labute approximate surface area is 179 Å². The van der Waals surface area contributed by atoms with E-state index >= 15 is 0 Å². The van der Waals surface area contributed by atoms with Crippen molar-refractivity contribution in [3.63, 3.8) is 0 Å². The van der Waals surface area contributed by atoms with Gasteiger partial charge in [-0.05, 0) is 56.5 Å². The maximum Gasteiger partial charge on any atom is 0.257 e. The lowest BCUT2D eigenvalue weighted by Gasteiger charge is -2.30. The minimum absolute atomic E-state index is 0.0374. The summed E-state index contributed by atoms with van der Waals surface area (Å²) in [5.74, 6) is 0.617. The summed E-state index contributed by atoms with van der Waals surface area (Å²) in [6, 6.07) is 13.0. The maximum absolute atomic E-state index is 12.6. The van der Waals surface area contributed by atoms with E-state index < -0.39 is 5.60 Å². The zero-order valence-electron chi connectivity index (χ0n) is 16.9. The largest absolute Gasteiger partial charge is 0.386 e. The van der Waals surface area contributed by atoms with Gasteiger partial charge in [-0.25, -0.2) is 9.97 Å². The Hall–Kier alpha value is -3.02. The van der Waals surface area contributed by atoms with Crippen LogP contribution in [0.5, 0.6) is 0 Å². The molecular weight excluding hydrogens is 398 g/mol. The van der Waals surface area contributed by atoms with Crippen LogP contribution >= 0.6 is 11.3 Å². The number of aliphatic hydroxyl groups is 1. The molecule has 8 heteroatoms. The molecule has 3 aromatic rings. The van der Waals surface area contributed by atoms with E-state index in [4.69, 9.17) is 4.98 Å². The van der Waals surface area contributed by atoms with Crippen molar-refractivity contribution in [1.82, 2.24) is 9.97 Å². The van der Waals surface area contributed by atoms with Crippen LogP contribution < -0.4 is 10.2 Å². The molecule has 2 aromatic heterocycles. The summed E-state index contributed by atoms with van der Waals surface area (Å²) < 4.78 is 0. The second-order valence-corrected chi connectivity index (χ2v) is 9.00. The number of piperidine rings is 1. The Kier molecular flexibility index (Phi) is 5.41. The van der Waals surface area contributed by atoms with Crippen molar-refractivity contribution in [2.24, 2.45) is 5.92 Å². The Morgan fingerprint density at radius 2 is 2.03 bits per heavy atom. The summed E-state index contributed by atoms with van der Waals surface area (Å²) in [6.07, 6.45) is 1.91. The molecule has 4 rings (SSSR count). The molecule has 7 nitrogen and oxygen atoms in total. The summed E-state index contributed by atoms with van der Waals surface area (Å²) in [6.45, 7) is 4.99. The average molecular weight is 422 g/mol. The second-order valence-electron chi connectivity index (χ2n) is 8.02. The van der Waals surface area contributed by atoms with E-state index in [0.717, 1.165) is 41.1 Å². The summed E-state index contributed by atoms with van der Waals surface area (Å²) in [4.78, 5) is 24.6. The lowest BCUT2D eigenvalue weighted by atomic mass is 9.97. The van der Waals surface area contributed by atoms with Gasteiger partial charge < -0.3 is 10.0 Å². The standard InChI is InChI=1S/C22H23N5O2S/c1-22(2,29)16-7-5-15(6-8-16)19(28)26-21-24-17-9-10-18(25-20(17)30-21)27-11-3-4-14(12-23)13-27/h5-10,14,29H,3-4,11,13H2,1-2H3,(H,24,26,28). The maximum atomic E-state index is 12.6. The number of benzene rings is 1. The first-order chi connectivity index (χ1) is 14.3. The number of carbonyl (C=O) groups excluding carboxylic acids is 1.